The highest BCUT2D eigenvalue weighted by atomic mass is 16.4. The first-order valence-corrected chi connectivity index (χ1v) is 7.94. The molecule has 0 radical (unpaired) electrons. The molecule has 4 fully saturated rings. The molecule has 0 atom stereocenters. The second kappa shape index (κ2) is 4.34. The molecule has 2 nitrogen and oxygen atoms in total. The molecule has 106 valence electrons. The largest absolute Gasteiger partial charge is 0.481 e. The van der Waals surface area contributed by atoms with Crippen molar-refractivity contribution < 1.29 is 9.90 Å². The Kier molecular flexibility index (Phi) is 2.70. The van der Waals surface area contributed by atoms with Gasteiger partial charge in [0.1, 0.15) is 0 Å². The lowest BCUT2D eigenvalue weighted by Gasteiger charge is -2.57. The minimum absolute atomic E-state index is 0.153. The molecule has 2 heteroatoms. The van der Waals surface area contributed by atoms with Crippen LogP contribution in [0.2, 0.25) is 0 Å². The summed E-state index contributed by atoms with van der Waals surface area (Å²) in [4.78, 5) is 10.9. The first kappa shape index (κ1) is 12.4. The number of hydrogen-bond donors (Lipinski definition) is 1. The normalized spacial score (nSPS) is 38.1. The number of rotatable bonds is 3. The fourth-order valence-corrected chi connectivity index (χ4v) is 5.65. The van der Waals surface area contributed by atoms with Crippen molar-refractivity contribution in [3.05, 3.63) is 35.4 Å². The molecule has 4 bridgehead atoms. The van der Waals surface area contributed by atoms with Crippen molar-refractivity contribution in [2.75, 3.05) is 0 Å². The quantitative estimate of drug-likeness (QED) is 0.907. The molecule has 0 saturated heterocycles. The SMILES string of the molecule is O=C(O)Cc1cccc(C23CC4CC(CC(C4)C2)C3)c1. The Morgan fingerprint density at radius 2 is 1.70 bits per heavy atom. The van der Waals surface area contributed by atoms with Crippen molar-refractivity contribution in [1.29, 1.82) is 0 Å². The van der Waals surface area contributed by atoms with E-state index in [1.54, 1.807) is 0 Å². The maximum Gasteiger partial charge on any atom is 0.307 e. The van der Waals surface area contributed by atoms with E-state index in [-0.39, 0.29) is 6.42 Å². The van der Waals surface area contributed by atoms with Crippen LogP contribution < -0.4 is 0 Å². The lowest BCUT2D eigenvalue weighted by molar-refractivity contribution is -0.136. The van der Waals surface area contributed by atoms with Crippen LogP contribution in [0.4, 0.5) is 0 Å². The molecule has 4 saturated carbocycles. The third-order valence-corrected chi connectivity index (χ3v) is 5.93. The summed E-state index contributed by atoms with van der Waals surface area (Å²) in [5.74, 6) is 2.07. The molecule has 0 aromatic heterocycles. The van der Waals surface area contributed by atoms with Crippen LogP contribution in [0.1, 0.15) is 49.7 Å². The fraction of sp³-hybridized carbons (Fsp3) is 0.611. The van der Waals surface area contributed by atoms with Crippen LogP contribution in [-0.4, -0.2) is 11.1 Å². The smallest absolute Gasteiger partial charge is 0.307 e. The lowest BCUT2D eigenvalue weighted by atomic mass is 9.48. The topological polar surface area (TPSA) is 37.3 Å². The van der Waals surface area contributed by atoms with Gasteiger partial charge in [-0.15, -0.1) is 0 Å². The maximum atomic E-state index is 10.9. The summed E-state index contributed by atoms with van der Waals surface area (Å²) >= 11 is 0. The average Bonchev–Trinajstić information content (AvgIpc) is 2.36. The third kappa shape index (κ3) is 1.97. The number of aliphatic carboxylic acids is 1. The zero-order valence-electron chi connectivity index (χ0n) is 11.8. The van der Waals surface area contributed by atoms with Gasteiger partial charge in [0.15, 0.2) is 0 Å². The minimum Gasteiger partial charge on any atom is -0.481 e. The summed E-state index contributed by atoms with van der Waals surface area (Å²) in [6.45, 7) is 0. The molecule has 1 N–H and O–H groups in total. The van der Waals surface area contributed by atoms with E-state index in [1.807, 2.05) is 6.07 Å². The highest BCUT2D eigenvalue weighted by Crippen LogP contribution is 2.60. The van der Waals surface area contributed by atoms with Crippen LogP contribution in [0.15, 0.2) is 24.3 Å². The molecule has 0 aliphatic heterocycles. The van der Waals surface area contributed by atoms with E-state index >= 15 is 0 Å². The van der Waals surface area contributed by atoms with Crippen LogP contribution in [0.3, 0.4) is 0 Å². The van der Waals surface area contributed by atoms with Crippen molar-refractivity contribution in [3.8, 4) is 0 Å². The van der Waals surface area contributed by atoms with E-state index in [1.165, 1.54) is 44.1 Å². The van der Waals surface area contributed by atoms with Gasteiger partial charge < -0.3 is 5.11 Å². The third-order valence-electron chi connectivity index (χ3n) is 5.93. The molecule has 1 aromatic rings. The van der Waals surface area contributed by atoms with Crippen LogP contribution in [-0.2, 0) is 16.6 Å². The summed E-state index contributed by atoms with van der Waals surface area (Å²) < 4.78 is 0. The predicted molar refractivity (Wildman–Crippen MR) is 77.6 cm³/mol. The second-order valence-electron chi connectivity index (χ2n) is 7.47. The summed E-state index contributed by atoms with van der Waals surface area (Å²) in [6, 6.07) is 8.45. The lowest BCUT2D eigenvalue weighted by Crippen LogP contribution is -2.48. The molecule has 4 aliphatic carbocycles. The molecular formula is C18H22O2. The van der Waals surface area contributed by atoms with Gasteiger partial charge in [0, 0.05) is 0 Å². The molecular weight excluding hydrogens is 248 g/mol. The van der Waals surface area contributed by atoms with Crippen molar-refractivity contribution in [3.63, 3.8) is 0 Å². The van der Waals surface area contributed by atoms with Gasteiger partial charge in [0.05, 0.1) is 6.42 Å². The molecule has 4 aliphatic rings. The van der Waals surface area contributed by atoms with Crippen molar-refractivity contribution in [2.24, 2.45) is 17.8 Å². The minimum atomic E-state index is -0.729. The van der Waals surface area contributed by atoms with E-state index in [2.05, 4.69) is 18.2 Å². The summed E-state index contributed by atoms with van der Waals surface area (Å²) in [6.07, 6.45) is 8.54. The van der Waals surface area contributed by atoms with Crippen LogP contribution in [0.5, 0.6) is 0 Å². The van der Waals surface area contributed by atoms with E-state index < -0.39 is 5.97 Å². The predicted octanol–water partition coefficient (Wildman–Crippen LogP) is 3.78. The average molecular weight is 270 g/mol. The van der Waals surface area contributed by atoms with Crippen LogP contribution in [0, 0.1) is 17.8 Å². The van der Waals surface area contributed by atoms with Crippen molar-refractivity contribution >= 4 is 5.97 Å². The Morgan fingerprint density at radius 3 is 2.25 bits per heavy atom. The molecule has 0 amide bonds. The molecule has 20 heavy (non-hydrogen) atoms. The Balaban J connectivity index is 1.68. The van der Waals surface area contributed by atoms with Gasteiger partial charge in [-0.1, -0.05) is 24.3 Å². The van der Waals surface area contributed by atoms with Crippen molar-refractivity contribution in [1.82, 2.24) is 0 Å². The Labute approximate surface area is 120 Å². The molecule has 0 heterocycles. The van der Waals surface area contributed by atoms with E-state index in [0.717, 1.165) is 23.3 Å². The van der Waals surface area contributed by atoms with Gasteiger partial charge in [-0.3, -0.25) is 4.79 Å². The van der Waals surface area contributed by atoms with Gasteiger partial charge in [-0.25, -0.2) is 0 Å². The van der Waals surface area contributed by atoms with E-state index in [9.17, 15) is 4.79 Å². The van der Waals surface area contributed by atoms with Gasteiger partial charge in [-0.05, 0) is 72.8 Å². The highest BCUT2D eigenvalue weighted by molar-refractivity contribution is 5.70. The first-order valence-electron chi connectivity index (χ1n) is 7.94. The number of carbonyl (C=O) groups is 1. The maximum absolute atomic E-state index is 10.9. The first-order chi connectivity index (χ1) is 9.63. The second-order valence-corrected chi connectivity index (χ2v) is 7.47. The molecule has 0 spiro atoms. The highest BCUT2D eigenvalue weighted by Gasteiger charge is 2.51. The van der Waals surface area contributed by atoms with Gasteiger partial charge >= 0.3 is 5.97 Å². The van der Waals surface area contributed by atoms with Crippen LogP contribution >= 0.6 is 0 Å². The Bertz CT molecular complexity index is 511. The summed E-state index contributed by atoms with van der Waals surface area (Å²) in [5, 5.41) is 8.99. The molecule has 5 rings (SSSR count). The molecule has 0 unspecified atom stereocenters. The number of carboxylic acid groups (broad SMARTS) is 1. The summed E-state index contributed by atoms with van der Waals surface area (Å²) in [5.41, 5.74) is 2.77. The zero-order chi connectivity index (χ0) is 13.7. The monoisotopic (exact) mass is 270 g/mol. The molecule has 1 aromatic carbocycles. The van der Waals surface area contributed by atoms with E-state index in [0.29, 0.717) is 5.41 Å². The van der Waals surface area contributed by atoms with Crippen molar-refractivity contribution in [2.45, 2.75) is 50.4 Å². The van der Waals surface area contributed by atoms with Gasteiger partial charge in [-0.2, -0.15) is 0 Å². The van der Waals surface area contributed by atoms with Gasteiger partial charge in [0.2, 0.25) is 0 Å². The Morgan fingerprint density at radius 1 is 1.10 bits per heavy atom. The fourth-order valence-electron chi connectivity index (χ4n) is 5.65. The number of benzene rings is 1. The number of carboxylic acids is 1. The number of hydrogen-bond acceptors (Lipinski definition) is 1. The van der Waals surface area contributed by atoms with Crippen LogP contribution in [0.25, 0.3) is 0 Å². The Hall–Kier alpha value is -1.31. The van der Waals surface area contributed by atoms with E-state index in [4.69, 9.17) is 5.11 Å². The summed E-state index contributed by atoms with van der Waals surface area (Å²) in [7, 11) is 0. The zero-order valence-corrected chi connectivity index (χ0v) is 11.8. The standard InChI is InChI=1S/C18H22O2/c19-17(20)8-12-2-1-3-16(7-12)18-9-13-4-14(10-18)6-15(5-13)11-18/h1-3,7,13-15H,4-6,8-11H2,(H,19,20). The van der Waals surface area contributed by atoms with Gasteiger partial charge in [0.25, 0.3) is 0 Å².